The summed E-state index contributed by atoms with van der Waals surface area (Å²) in [6, 6.07) is 33.1. The molecule has 0 saturated carbocycles. The van der Waals surface area contributed by atoms with Gasteiger partial charge in [0, 0.05) is 5.92 Å². The molecular formula is C32H44BrP. The fourth-order valence-electron chi connectivity index (χ4n) is 5.05. The average molecular weight is 540 g/mol. The molecule has 0 heterocycles. The van der Waals surface area contributed by atoms with Crippen LogP contribution in [-0.2, 0) is 4.32 Å². The fraction of sp³-hybridized carbons (Fsp3) is 0.438. The Hall–Kier alpha value is -1.43. The summed E-state index contributed by atoms with van der Waals surface area (Å²) in [6.07, 6.45) is 14.9. The molecule has 0 aliphatic heterocycles. The van der Waals surface area contributed by atoms with E-state index in [2.05, 4.69) is 114 Å². The zero-order chi connectivity index (χ0) is 23.2. The summed E-state index contributed by atoms with van der Waals surface area (Å²) in [7, 11) is 0. The van der Waals surface area contributed by atoms with Gasteiger partial charge in [-0.3, -0.25) is 0 Å². The standard InChI is InChI=1S/C32H41Br.H3P/c1-2-3-4-5-6-7-8-9-10-20-27-31(28-21-14-11-15-22-28)32(33,29-23-16-12-17-24-29)30-25-18-13-19-26-30;/h11-19,21-26,31H,2-10,20,27H2,1H3;1H3. The Kier molecular flexibility index (Phi) is 13.8. The lowest BCUT2D eigenvalue weighted by molar-refractivity contribution is 0.482. The van der Waals surface area contributed by atoms with Crippen LogP contribution < -0.4 is 0 Å². The van der Waals surface area contributed by atoms with Crippen molar-refractivity contribution < 1.29 is 0 Å². The third-order valence-corrected chi connectivity index (χ3v) is 8.38. The Morgan fingerprint density at radius 2 is 0.941 bits per heavy atom. The molecule has 0 spiro atoms. The number of unbranched alkanes of at least 4 members (excludes halogenated alkanes) is 9. The van der Waals surface area contributed by atoms with Gasteiger partial charge in [-0.15, -0.1) is 0 Å². The van der Waals surface area contributed by atoms with Crippen LogP contribution >= 0.6 is 25.8 Å². The quantitative estimate of drug-likeness (QED) is 0.102. The Bertz CT molecular complexity index is 839. The summed E-state index contributed by atoms with van der Waals surface area (Å²) in [5, 5.41) is 0. The van der Waals surface area contributed by atoms with Crippen LogP contribution in [0.5, 0.6) is 0 Å². The third-order valence-electron chi connectivity index (χ3n) is 6.92. The largest absolute Gasteiger partial charge is 0.153 e. The molecule has 0 fully saturated rings. The molecule has 0 amide bonds. The van der Waals surface area contributed by atoms with E-state index in [0.717, 1.165) is 0 Å². The summed E-state index contributed by atoms with van der Waals surface area (Å²) in [5.41, 5.74) is 4.08. The van der Waals surface area contributed by atoms with Crippen LogP contribution in [0.25, 0.3) is 0 Å². The second-order valence-corrected chi connectivity index (χ2v) is 10.6. The molecule has 0 aliphatic rings. The number of benzene rings is 3. The van der Waals surface area contributed by atoms with Gasteiger partial charge in [0.15, 0.2) is 0 Å². The van der Waals surface area contributed by atoms with Crippen molar-refractivity contribution in [3.63, 3.8) is 0 Å². The highest BCUT2D eigenvalue weighted by molar-refractivity contribution is 9.09. The van der Waals surface area contributed by atoms with Crippen LogP contribution in [0.4, 0.5) is 0 Å². The van der Waals surface area contributed by atoms with E-state index in [9.17, 15) is 0 Å². The van der Waals surface area contributed by atoms with Gasteiger partial charge >= 0.3 is 0 Å². The maximum atomic E-state index is 4.33. The molecule has 0 saturated heterocycles. The van der Waals surface area contributed by atoms with E-state index in [1.807, 2.05) is 0 Å². The molecule has 0 bridgehead atoms. The lowest BCUT2D eigenvalue weighted by Gasteiger charge is -2.38. The minimum absolute atomic E-state index is 0. The van der Waals surface area contributed by atoms with Crippen LogP contribution in [0, 0.1) is 0 Å². The number of halogens is 1. The van der Waals surface area contributed by atoms with Crippen LogP contribution in [0.15, 0.2) is 91.0 Å². The second kappa shape index (κ2) is 16.3. The first kappa shape index (κ1) is 28.8. The zero-order valence-corrected chi connectivity index (χ0v) is 24.1. The topological polar surface area (TPSA) is 0 Å². The van der Waals surface area contributed by atoms with Gasteiger partial charge in [-0.2, -0.15) is 9.90 Å². The van der Waals surface area contributed by atoms with Crippen molar-refractivity contribution in [2.24, 2.45) is 0 Å². The molecule has 0 aromatic heterocycles. The van der Waals surface area contributed by atoms with E-state index in [-0.39, 0.29) is 14.2 Å². The number of alkyl halides is 1. The first-order valence-electron chi connectivity index (χ1n) is 13.1. The average Bonchev–Trinajstić information content (AvgIpc) is 2.88. The summed E-state index contributed by atoms with van der Waals surface area (Å²) in [4.78, 5) is 0. The molecule has 0 radical (unpaired) electrons. The molecule has 3 aromatic carbocycles. The van der Waals surface area contributed by atoms with E-state index in [1.165, 1.54) is 87.3 Å². The molecule has 3 rings (SSSR count). The van der Waals surface area contributed by atoms with E-state index in [1.54, 1.807) is 0 Å². The van der Waals surface area contributed by atoms with Crippen molar-refractivity contribution in [1.82, 2.24) is 0 Å². The maximum absolute atomic E-state index is 4.33. The van der Waals surface area contributed by atoms with Crippen molar-refractivity contribution in [3.05, 3.63) is 108 Å². The molecule has 184 valence electrons. The predicted molar refractivity (Wildman–Crippen MR) is 159 cm³/mol. The van der Waals surface area contributed by atoms with E-state index < -0.39 is 0 Å². The van der Waals surface area contributed by atoms with E-state index in [0.29, 0.717) is 5.92 Å². The molecule has 2 atom stereocenters. The second-order valence-electron chi connectivity index (χ2n) is 9.38. The van der Waals surface area contributed by atoms with E-state index >= 15 is 0 Å². The van der Waals surface area contributed by atoms with Gasteiger partial charge in [0.1, 0.15) is 0 Å². The highest BCUT2D eigenvalue weighted by Gasteiger charge is 2.40. The maximum Gasteiger partial charge on any atom is 0.0822 e. The summed E-state index contributed by atoms with van der Waals surface area (Å²) >= 11 is 4.33. The zero-order valence-electron chi connectivity index (χ0n) is 21.1. The Labute approximate surface area is 220 Å². The van der Waals surface area contributed by atoms with Crippen molar-refractivity contribution in [2.75, 3.05) is 0 Å². The molecule has 0 nitrogen and oxygen atoms in total. The van der Waals surface area contributed by atoms with Gasteiger partial charge in [0.25, 0.3) is 0 Å². The fourth-order valence-corrected chi connectivity index (χ4v) is 6.07. The van der Waals surface area contributed by atoms with Gasteiger partial charge < -0.3 is 0 Å². The highest BCUT2D eigenvalue weighted by Crippen LogP contribution is 2.51. The highest BCUT2D eigenvalue weighted by atomic mass is 79.9. The van der Waals surface area contributed by atoms with Gasteiger partial charge in [-0.05, 0) is 23.1 Å². The molecular weight excluding hydrogens is 495 g/mol. The van der Waals surface area contributed by atoms with Gasteiger partial charge in [0.2, 0.25) is 0 Å². The van der Waals surface area contributed by atoms with Crippen molar-refractivity contribution >= 4 is 25.8 Å². The summed E-state index contributed by atoms with van der Waals surface area (Å²) in [5.74, 6) is 0.373. The molecule has 2 unspecified atom stereocenters. The Morgan fingerprint density at radius 3 is 1.38 bits per heavy atom. The van der Waals surface area contributed by atoms with Crippen molar-refractivity contribution in [1.29, 1.82) is 0 Å². The lowest BCUT2D eigenvalue weighted by atomic mass is 9.74. The minimum Gasteiger partial charge on any atom is -0.153 e. The normalized spacial score (nSPS) is 12.2. The third kappa shape index (κ3) is 8.35. The van der Waals surface area contributed by atoms with Gasteiger partial charge in [0.05, 0.1) is 4.32 Å². The Morgan fingerprint density at radius 1 is 0.559 bits per heavy atom. The van der Waals surface area contributed by atoms with Gasteiger partial charge in [-0.1, -0.05) is 178 Å². The van der Waals surface area contributed by atoms with Crippen LogP contribution in [0.3, 0.4) is 0 Å². The monoisotopic (exact) mass is 538 g/mol. The molecule has 0 N–H and O–H groups in total. The van der Waals surface area contributed by atoms with Crippen LogP contribution in [-0.4, -0.2) is 0 Å². The summed E-state index contributed by atoms with van der Waals surface area (Å²) < 4.78 is -0.240. The van der Waals surface area contributed by atoms with Crippen molar-refractivity contribution in [2.45, 2.75) is 87.8 Å². The molecule has 0 aliphatic carbocycles. The number of hydrogen-bond donors (Lipinski definition) is 0. The van der Waals surface area contributed by atoms with Crippen LogP contribution in [0.1, 0.15) is 100 Å². The lowest BCUT2D eigenvalue weighted by Crippen LogP contribution is -2.29. The van der Waals surface area contributed by atoms with Gasteiger partial charge in [-0.25, -0.2) is 0 Å². The molecule has 2 heteroatoms. The first-order chi connectivity index (χ1) is 16.3. The SMILES string of the molecule is CCCCCCCCCCCCC(c1ccccc1)C(Br)(c1ccccc1)c1ccccc1.P. The molecule has 34 heavy (non-hydrogen) atoms. The minimum atomic E-state index is -0.240. The van der Waals surface area contributed by atoms with Crippen LogP contribution in [0.2, 0.25) is 0 Å². The van der Waals surface area contributed by atoms with Crippen molar-refractivity contribution in [3.8, 4) is 0 Å². The smallest absolute Gasteiger partial charge is 0.0822 e. The molecule has 3 aromatic rings. The number of rotatable bonds is 15. The predicted octanol–water partition coefficient (Wildman–Crippen LogP) is 10.5. The first-order valence-corrected chi connectivity index (χ1v) is 13.9. The Balaban J connectivity index is 0.00000408. The summed E-state index contributed by atoms with van der Waals surface area (Å²) in [6.45, 7) is 2.29. The van der Waals surface area contributed by atoms with E-state index in [4.69, 9.17) is 0 Å². The number of hydrogen-bond acceptors (Lipinski definition) is 0.